The van der Waals surface area contributed by atoms with Crippen molar-refractivity contribution in [1.29, 1.82) is 0 Å². The molecule has 3 nitrogen and oxygen atoms in total. The van der Waals surface area contributed by atoms with Crippen molar-refractivity contribution in [2.24, 2.45) is 5.92 Å². The highest BCUT2D eigenvalue weighted by Gasteiger charge is 2.21. The van der Waals surface area contributed by atoms with Crippen LogP contribution in [0, 0.1) is 11.7 Å². The molecular formula is C20H22ClFN2O. The lowest BCUT2D eigenvalue weighted by Gasteiger charge is -2.31. The van der Waals surface area contributed by atoms with Gasteiger partial charge in [-0.3, -0.25) is 9.69 Å². The fraction of sp³-hybridized carbons (Fsp3) is 0.350. The van der Waals surface area contributed by atoms with Crippen LogP contribution in [0.4, 0.5) is 10.1 Å². The van der Waals surface area contributed by atoms with Gasteiger partial charge in [-0.2, -0.15) is 0 Å². The molecule has 0 aromatic heterocycles. The fourth-order valence-corrected chi connectivity index (χ4v) is 3.49. The number of benzene rings is 2. The number of piperidine rings is 1. The van der Waals surface area contributed by atoms with Gasteiger partial charge in [0.2, 0.25) is 5.91 Å². The van der Waals surface area contributed by atoms with Gasteiger partial charge in [-0.25, -0.2) is 4.39 Å². The molecule has 1 fully saturated rings. The average Bonchev–Trinajstić information content (AvgIpc) is 2.60. The summed E-state index contributed by atoms with van der Waals surface area (Å²) in [6.07, 6.45) is 3.30. The van der Waals surface area contributed by atoms with Gasteiger partial charge >= 0.3 is 0 Å². The number of carbonyl (C=O) groups is 1. The minimum Gasteiger partial charge on any atom is -0.324 e. The maximum absolute atomic E-state index is 13.0. The van der Waals surface area contributed by atoms with E-state index in [0.29, 0.717) is 18.2 Å². The largest absolute Gasteiger partial charge is 0.324 e. The topological polar surface area (TPSA) is 32.3 Å². The second-order valence-electron chi connectivity index (χ2n) is 6.58. The number of rotatable bonds is 5. The molecule has 1 aliphatic rings. The van der Waals surface area contributed by atoms with E-state index in [-0.39, 0.29) is 10.9 Å². The van der Waals surface area contributed by atoms with E-state index in [1.165, 1.54) is 23.8 Å². The summed E-state index contributed by atoms with van der Waals surface area (Å²) in [4.78, 5) is 14.3. The molecule has 0 saturated carbocycles. The first kappa shape index (κ1) is 17.9. The highest BCUT2D eigenvalue weighted by Crippen LogP contribution is 2.23. The van der Waals surface area contributed by atoms with Gasteiger partial charge in [0, 0.05) is 0 Å². The molecule has 2 aromatic carbocycles. The van der Waals surface area contributed by atoms with Crippen LogP contribution < -0.4 is 5.32 Å². The zero-order chi connectivity index (χ0) is 17.6. The maximum Gasteiger partial charge on any atom is 0.238 e. The molecule has 3 rings (SSSR count). The van der Waals surface area contributed by atoms with Gasteiger partial charge in [0.1, 0.15) is 5.82 Å². The summed E-state index contributed by atoms with van der Waals surface area (Å²) >= 11 is 5.94. The molecule has 132 valence electrons. The Morgan fingerprint density at radius 1 is 1.16 bits per heavy atom. The first-order valence-electron chi connectivity index (χ1n) is 8.61. The molecule has 1 aliphatic heterocycles. The Morgan fingerprint density at radius 3 is 2.56 bits per heavy atom. The highest BCUT2D eigenvalue weighted by atomic mass is 35.5. The van der Waals surface area contributed by atoms with Crippen molar-refractivity contribution >= 4 is 23.2 Å². The van der Waals surface area contributed by atoms with Crippen LogP contribution in [0.25, 0.3) is 0 Å². The predicted octanol–water partition coefficient (Wildman–Crippen LogP) is 4.37. The molecule has 2 aromatic rings. The summed E-state index contributed by atoms with van der Waals surface area (Å²) in [5, 5.41) is 2.97. The van der Waals surface area contributed by atoms with E-state index in [1.54, 1.807) is 0 Å². The number of hydrogen-bond acceptors (Lipinski definition) is 2. The van der Waals surface area contributed by atoms with Crippen LogP contribution >= 0.6 is 11.6 Å². The number of amides is 1. The van der Waals surface area contributed by atoms with Crippen molar-refractivity contribution in [3.8, 4) is 0 Å². The summed E-state index contributed by atoms with van der Waals surface area (Å²) < 4.78 is 13.0. The maximum atomic E-state index is 13.0. The molecule has 1 N–H and O–H groups in total. The zero-order valence-corrected chi connectivity index (χ0v) is 14.8. The molecule has 0 bridgehead atoms. The summed E-state index contributed by atoms with van der Waals surface area (Å²) in [6.45, 7) is 2.18. The highest BCUT2D eigenvalue weighted by molar-refractivity contribution is 6.33. The van der Waals surface area contributed by atoms with Gasteiger partial charge in [0.05, 0.1) is 17.3 Å². The molecule has 0 unspecified atom stereocenters. The van der Waals surface area contributed by atoms with Crippen LogP contribution in [0.1, 0.15) is 18.4 Å². The minimum atomic E-state index is -0.413. The molecule has 0 atom stereocenters. The predicted molar refractivity (Wildman–Crippen MR) is 99.3 cm³/mol. The number of nitrogens with zero attached hydrogens (tertiary/aromatic N) is 1. The quantitative estimate of drug-likeness (QED) is 0.858. The summed E-state index contributed by atoms with van der Waals surface area (Å²) in [5.74, 6) is 0.145. The lowest BCUT2D eigenvalue weighted by atomic mass is 9.90. The van der Waals surface area contributed by atoms with Crippen molar-refractivity contribution in [3.63, 3.8) is 0 Å². The van der Waals surface area contributed by atoms with E-state index in [4.69, 9.17) is 11.6 Å². The molecular weight excluding hydrogens is 339 g/mol. The smallest absolute Gasteiger partial charge is 0.238 e. The van der Waals surface area contributed by atoms with Crippen molar-refractivity contribution in [1.82, 2.24) is 4.90 Å². The second kappa shape index (κ2) is 8.45. The van der Waals surface area contributed by atoms with Crippen LogP contribution in [-0.2, 0) is 11.2 Å². The first-order chi connectivity index (χ1) is 12.1. The Morgan fingerprint density at radius 2 is 1.88 bits per heavy atom. The molecule has 25 heavy (non-hydrogen) atoms. The van der Waals surface area contributed by atoms with Gasteiger partial charge in [-0.15, -0.1) is 0 Å². The number of anilines is 1. The van der Waals surface area contributed by atoms with E-state index in [1.807, 2.05) is 6.07 Å². The Hall–Kier alpha value is -1.91. The monoisotopic (exact) mass is 360 g/mol. The first-order valence-corrected chi connectivity index (χ1v) is 8.99. The van der Waals surface area contributed by atoms with Crippen LogP contribution in [-0.4, -0.2) is 30.4 Å². The van der Waals surface area contributed by atoms with E-state index in [0.717, 1.165) is 32.4 Å². The summed E-state index contributed by atoms with van der Waals surface area (Å²) in [5.41, 5.74) is 1.83. The van der Waals surface area contributed by atoms with Gasteiger partial charge in [0.25, 0.3) is 0 Å². The molecule has 0 radical (unpaired) electrons. The number of likely N-dealkylation sites (tertiary alicyclic amines) is 1. The number of hydrogen-bond donors (Lipinski definition) is 1. The molecule has 5 heteroatoms. The van der Waals surface area contributed by atoms with E-state index in [2.05, 4.69) is 34.5 Å². The van der Waals surface area contributed by atoms with Gasteiger partial charge in [-0.1, -0.05) is 41.9 Å². The average molecular weight is 361 g/mol. The van der Waals surface area contributed by atoms with E-state index in [9.17, 15) is 9.18 Å². The minimum absolute atomic E-state index is 0.116. The van der Waals surface area contributed by atoms with Gasteiger partial charge in [-0.05, 0) is 62.0 Å². The molecule has 1 saturated heterocycles. The Balaban J connectivity index is 1.44. The molecule has 1 amide bonds. The van der Waals surface area contributed by atoms with Crippen LogP contribution in [0.2, 0.25) is 5.02 Å². The lowest BCUT2D eigenvalue weighted by Crippen LogP contribution is -2.39. The van der Waals surface area contributed by atoms with Crippen LogP contribution in [0.5, 0.6) is 0 Å². The summed E-state index contributed by atoms with van der Waals surface area (Å²) in [6, 6.07) is 14.5. The lowest BCUT2D eigenvalue weighted by molar-refractivity contribution is -0.117. The third kappa shape index (κ3) is 5.28. The van der Waals surface area contributed by atoms with Crippen molar-refractivity contribution in [3.05, 3.63) is 64.9 Å². The normalized spacial score (nSPS) is 15.9. The van der Waals surface area contributed by atoms with Crippen molar-refractivity contribution in [2.45, 2.75) is 19.3 Å². The Bertz CT molecular complexity index is 715. The van der Waals surface area contributed by atoms with Crippen molar-refractivity contribution in [2.75, 3.05) is 25.0 Å². The number of halogens is 2. The van der Waals surface area contributed by atoms with E-state index < -0.39 is 5.82 Å². The SMILES string of the molecule is O=C(CN1CCC(Cc2ccccc2)CC1)Nc1ccc(F)cc1Cl. The number of nitrogens with one attached hydrogen (secondary N) is 1. The zero-order valence-electron chi connectivity index (χ0n) is 14.1. The molecule has 0 aliphatic carbocycles. The summed E-state index contributed by atoms with van der Waals surface area (Å²) in [7, 11) is 0. The van der Waals surface area contributed by atoms with Crippen LogP contribution in [0.15, 0.2) is 48.5 Å². The Labute approximate surface area is 152 Å². The van der Waals surface area contributed by atoms with Crippen LogP contribution in [0.3, 0.4) is 0 Å². The van der Waals surface area contributed by atoms with E-state index >= 15 is 0 Å². The number of carbonyl (C=O) groups excluding carboxylic acids is 1. The molecule has 0 spiro atoms. The molecule has 1 heterocycles. The van der Waals surface area contributed by atoms with Gasteiger partial charge in [0.15, 0.2) is 0 Å². The van der Waals surface area contributed by atoms with Crippen molar-refractivity contribution < 1.29 is 9.18 Å². The van der Waals surface area contributed by atoms with Gasteiger partial charge < -0.3 is 5.32 Å². The second-order valence-corrected chi connectivity index (χ2v) is 6.99. The third-order valence-corrected chi connectivity index (χ3v) is 4.96. The Kier molecular flexibility index (Phi) is 6.05. The third-order valence-electron chi connectivity index (χ3n) is 4.65. The standard InChI is InChI=1S/C20H22ClFN2O/c21-18-13-17(22)6-7-19(18)23-20(25)14-24-10-8-16(9-11-24)12-15-4-2-1-3-5-15/h1-7,13,16H,8-12,14H2,(H,23,25). The fourth-order valence-electron chi connectivity index (χ4n) is 3.28.